The van der Waals surface area contributed by atoms with E-state index in [0.29, 0.717) is 44.2 Å². The Kier molecular flexibility index (Phi) is 14.9. The zero-order chi connectivity index (χ0) is 43.6. The summed E-state index contributed by atoms with van der Waals surface area (Å²) in [6.45, 7) is 9.22. The fourth-order valence-corrected chi connectivity index (χ4v) is 8.47. The molecule has 0 radical (unpaired) electrons. The van der Waals surface area contributed by atoms with Gasteiger partial charge in [0, 0.05) is 37.9 Å². The molecular weight excluding hydrogens is 777 g/mol. The SMILES string of the molecule is CC#Cc1cc(-c2cnc([C@@H]3CCCN3C(=O)[C@@H](NC(=O)OC)C(C)C)[nH]2)ccc1-c1ccc(-c2cnc([C@@H]3CCCN3C(=O)[C@@H](NC(=O)OC)C(CC)CCOC)[nH]2)cc1. The van der Waals surface area contributed by atoms with Crippen molar-refractivity contribution in [3.63, 3.8) is 0 Å². The lowest BCUT2D eigenvalue weighted by Crippen LogP contribution is -2.52. The van der Waals surface area contributed by atoms with Crippen molar-refractivity contribution in [3.8, 4) is 45.5 Å². The largest absolute Gasteiger partial charge is 0.453 e. The number of carbonyl (C=O) groups excluding carboxylic acids is 4. The van der Waals surface area contributed by atoms with Crippen LogP contribution in [0.3, 0.4) is 0 Å². The molecule has 15 heteroatoms. The maximum atomic E-state index is 14.1. The maximum absolute atomic E-state index is 14.1. The van der Waals surface area contributed by atoms with E-state index in [4.69, 9.17) is 24.2 Å². The number of amides is 4. The van der Waals surface area contributed by atoms with Crippen LogP contribution in [0.25, 0.3) is 33.6 Å². The van der Waals surface area contributed by atoms with Crippen LogP contribution >= 0.6 is 0 Å². The van der Waals surface area contributed by atoms with Gasteiger partial charge in [0.2, 0.25) is 11.8 Å². The van der Waals surface area contributed by atoms with Gasteiger partial charge < -0.3 is 44.6 Å². The van der Waals surface area contributed by atoms with Gasteiger partial charge in [-0.1, -0.05) is 69.5 Å². The minimum atomic E-state index is -0.745. The Hall–Kier alpha value is -6.14. The van der Waals surface area contributed by atoms with Crippen LogP contribution in [0, 0.1) is 23.7 Å². The zero-order valence-electron chi connectivity index (χ0n) is 36.2. The van der Waals surface area contributed by atoms with Crippen molar-refractivity contribution in [2.75, 3.05) is 41.0 Å². The van der Waals surface area contributed by atoms with Gasteiger partial charge >= 0.3 is 12.2 Å². The number of nitrogens with zero attached hydrogens (tertiary/aromatic N) is 4. The van der Waals surface area contributed by atoms with E-state index in [9.17, 15) is 19.2 Å². The maximum Gasteiger partial charge on any atom is 0.407 e. The topological polar surface area (TPSA) is 184 Å². The lowest BCUT2D eigenvalue weighted by molar-refractivity contribution is -0.136. The number of benzene rings is 2. The average molecular weight is 835 g/mol. The van der Waals surface area contributed by atoms with Gasteiger partial charge in [0.25, 0.3) is 0 Å². The molecule has 4 aromatic rings. The molecule has 2 aliphatic heterocycles. The monoisotopic (exact) mass is 834 g/mol. The molecule has 324 valence electrons. The summed E-state index contributed by atoms with van der Waals surface area (Å²) < 4.78 is 15.0. The highest BCUT2D eigenvalue weighted by atomic mass is 16.5. The van der Waals surface area contributed by atoms with Crippen molar-refractivity contribution in [3.05, 3.63) is 72.1 Å². The molecule has 0 saturated carbocycles. The second kappa shape index (κ2) is 20.4. The number of nitrogens with one attached hydrogen (secondary N) is 4. The Bertz CT molecular complexity index is 2220. The fraction of sp³-hybridized carbons (Fsp3) is 0.478. The summed E-state index contributed by atoms with van der Waals surface area (Å²) in [7, 11) is 4.21. The Morgan fingerprint density at radius 2 is 1.31 bits per heavy atom. The number of H-pyrrole nitrogens is 2. The molecule has 5 atom stereocenters. The van der Waals surface area contributed by atoms with E-state index < -0.39 is 24.3 Å². The van der Waals surface area contributed by atoms with Crippen LogP contribution in [0.4, 0.5) is 9.59 Å². The van der Waals surface area contributed by atoms with Gasteiger partial charge in [-0.05, 0) is 73.6 Å². The predicted molar refractivity (Wildman–Crippen MR) is 231 cm³/mol. The van der Waals surface area contributed by atoms with E-state index in [1.807, 2.05) is 56.9 Å². The van der Waals surface area contributed by atoms with E-state index in [1.54, 1.807) is 24.4 Å². The van der Waals surface area contributed by atoms with Crippen molar-refractivity contribution in [2.45, 2.75) is 90.4 Å². The summed E-state index contributed by atoms with van der Waals surface area (Å²) in [6, 6.07) is 12.4. The number of aromatic amines is 2. The average Bonchev–Trinajstić information content (AvgIpc) is 4.12. The normalized spacial score (nSPS) is 17.6. The molecule has 0 spiro atoms. The first kappa shape index (κ1) is 44.4. The highest BCUT2D eigenvalue weighted by molar-refractivity contribution is 5.87. The molecule has 15 nitrogen and oxygen atoms in total. The minimum Gasteiger partial charge on any atom is -0.453 e. The molecule has 4 N–H and O–H groups in total. The summed E-state index contributed by atoms with van der Waals surface area (Å²) in [6.07, 6.45) is 6.79. The lowest BCUT2D eigenvalue weighted by Gasteiger charge is -2.32. The Morgan fingerprint density at radius 3 is 1.84 bits per heavy atom. The van der Waals surface area contributed by atoms with Gasteiger partial charge in [-0.2, -0.15) is 0 Å². The Morgan fingerprint density at radius 1 is 0.787 bits per heavy atom. The minimum absolute atomic E-state index is 0.119. The van der Waals surface area contributed by atoms with Crippen LogP contribution in [-0.4, -0.2) is 107 Å². The zero-order valence-corrected chi connectivity index (χ0v) is 36.2. The summed E-state index contributed by atoms with van der Waals surface area (Å²) in [5, 5.41) is 5.50. The summed E-state index contributed by atoms with van der Waals surface area (Å²) in [5.41, 5.74) is 6.33. The van der Waals surface area contributed by atoms with Crippen LogP contribution in [0.1, 0.15) is 95.5 Å². The number of carbonyl (C=O) groups is 4. The summed E-state index contributed by atoms with van der Waals surface area (Å²) in [5.74, 6) is 7.19. The molecular formula is C46H58N8O7. The van der Waals surface area contributed by atoms with Crippen LogP contribution in [-0.2, 0) is 23.8 Å². The van der Waals surface area contributed by atoms with E-state index >= 15 is 0 Å². The van der Waals surface area contributed by atoms with Gasteiger partial charge in [0.15, 0.2) is 0 Å². The van der Waals surface area contributed by atoms with Gasteiger partial charge in [0.05, 0.1) is 50.1 Å². The molecule has 4 heterocycles. The van der Waals surface area contributed by atoms with Crippen molar-refractivity contribution in [1.29, 1.82) is 0 Å². The van der Waals surface area contributed by atoms with Crippen molar-refractivity contribution in [2.24, 2.45) is 11.8 Å². The highest BCUT2D eigenvalue weighted by Gasteiger charge is 2.40. The molecule has 2 aromatic heterocycles. The number of aromatic nitrogens is 4. The highest BCUT2D eigenvalue weighted by Crippen LogP contribution is 2.36. The van der Waals surface area contributed by atoms with Gasteiger partial charge in [-0.3, -0.25) is 9.59 Å². The number of hydrogen-bond acceptors (Lipinski definition) is 9. The Balaban J connectivity index is 1.17. The molecule has 2 aromatic carbocycles. The van der Waals surface area contributed by atoms with Gasteiger partial charge in [-0.15, -0.1) is 5.92 Å². The third-order valence-corrected chi connectivity index (χ3v) is 11.8. The van der Waals surface area contributed by atoms with Gasteiger partial charge in [0.1, 0.15) is 23.7 Å². The Labute approximate surface area is 357 Å². The van der Waals surface area contributed by atoms with Crippen molar-refractivity contribution >= 4 is 24.0 Å². The molecule has 0 bridgehead atoms. The summed E-state index contributed by atoms with van der Waals surface area (Å²) >= 11 is 0. The molecule has 2 saturated heterocycles. The van der Waals surface area contributed by atoms with E-state index in [1.165, 1.54) is 14.2 Å². The predicted octanol–water partition coefficient (Wildman–Crippen LogP) is 7.00. The molecule has 2 aliphatic rings. The lowest BCUT2D eigenvalue weighted by atomic mass is 9.92. The number of likely N-dealkylation sites (tertiary alicyclic amines) is 2. The second-order valence-corrected chi connectivity index (χ2v) is 15.9. The number of methoxy groups -OCH3 is 3. The first-order chi connectivity index (χ1) is 29.5. The van der Waals surface area contributed by atoms with E-state index in [2.05, 4.69) is 50.6 Å². The van der Waals surface area contributed by atoms with Crippen LogP contribution < -0.4 is 10.6 Å². The number of alkyl carbamates (subject to hydrolysis) is 2. The molecule has 0 aliphatic carbocycles. The molecule has 1 unspecified atom stereocenters. The molecule has 2 fully saturated rings. The van der Waals surface area contributed by atoms with Crippen LogP contribution in [0.15, 0.2) is 54.9 Å². The first-order valence-corrected chi connectivity index (χ1v) is 21.1. The first-order valence-electron chi connectivity index (χ1n) is 21.1. The second-order valence-electron chi connectivity index (χ2n) is 15.9. The third-order valence-electron chi connectivity index (χ3n) is 11.8. The van der Waals surface area contributed by atoms with Crippen molar-refractivity contribution < 1.29 is 33.4 Å². The molecule has 61 heavy (non-hydrogen) atoms. The van der Waals surface area contributed by atoms with E-state index in [-0.39, 0.29) is 35.7 Å². The number of hydrogen-bond donors (Lipinski definition) is 4. The summed E-state index contributed by atoms with van der Waals surface area (Å²) in [4.78, 5) is 72.1. The number of rotatable bonds is 15. The molecule has 4 amide bonds. The third kappa shape index (κ3) is 10.1. The molecule has 6 rings (SSSR count). The fourth-order valence-electron chi connectivity index (χ4n) is 8.47. The number of ether oxygens (including phenoxy) is 3. The quantitative estimate of drug-likeness (QED) is 0.0917. The van der Waals surface area contributed by atoms with Crippen molar-refractivity contribution in [1.82, 2.24) is 40.4 Å². The number of imidazole rings is 2. The van der Waals surface area contributed by atoms with Crippen LogP contribution in [0.5, 0.6) is 0 Å². The smallest absolute Gasteiger partial charge is 0.407 e. The van der Waals surface area contributed by atoms with Crippen LogP contribution in [0.2, 0.25) is 0 Å². The standard InChI is InChI=1S/C46H58N8O7/c1-8-12-32-25-33(36-27-48-42(50-36)37-13-10-22-53(37)43(55)39(28(3)4)51-45(57)60-6)19-20-34(32)30-15-17-31(18-16-30)35-26-47-41(49-35)38-14-11-23-54(38)44(56)40(52-46(58)61-7)29(9-2)21-24-59-5/h15-20,25-29,37-40H,9-11,13-14,21-24H2,1-7H3,(H,47,49)(H,48,50)(H,51,57)(H,52,58)/t29?,37-,38-,39-,40-/m0/s1. The van der Waals surface area contributed by atoms with Gasteiger partial charge in [-0.25, -0.2) is 19.6 Å². The van der Waals surface area contributed by atoms with E-state index in [0.717, 1.165) is 64.9 Å².